The summed E-state index contributed by atoms with van der Waals surface area (Å²) in [6.07, 6.45) is 1.40. The quantitative estimate of drug-likeness (QED) is 0.317. The van der Waals surface area contributed by atoms with Crippen LogP contribution in [0, 0.1) is 11.3 Å². The maximum atomic E-state index is 12.1. The average Bonchev–Trinajstić information content (AvgIpc) is 2.88. The summed E-state index contributed by atoms with van der Waals surface area (Å²) in [5.74, 6) is 0.509. The topological polar surface area (TPSA) is 113 Å². The molecule has 0 saturated heterocycles. The van der Waals surface area contributed by atoms with E-state index in [4.69, 9.17) is 26.3 Å². The highest BCUT2D eigenvalue weighted by Crippen LogP contribution is 2.22. The predicted molar refractivity (Wildman–Crippen MR) is 134 cm³/mol. The Hall–Kier alpha value is -4.35. The predicted octanol–water partition coefficient (Wildman–Crippen LogP) is 4.67. The number of methoxy groups -OCH3 is 1. The summed E-state index contributed by atoms with van der Waals surface area (Å²) in [6.45, 7) is 0.282. The molecule has 8 nitrogen and oxygen atoms in total. The molecule has 35 heavy (non-hydrogen) atoms. The van der Waals surface area contributed by atoms with E-state index in [0.29, 0.717) is 33.3 Å². The number of amides is 2. The van der Waals surface area contributed by atoms with Crippen molar-refractivity contribution in [3.63, 3.8) is 0 Å². The molecule has 0 atom stereocenters. The molecule has 3 aromatic rings. The highest BCUT2D eigenvalue weighted by atomic mass is 35.5. The molecule has 0 radical (unpaired) electrons. The number of carbonyl (C=O) groups is 2. The molecule has 3 rings (SSSR count). The summed E-state index contributed by atoms with van der Waals surface area (Å²) >= 11 is 6.09. The Bertz CT molecular complexity index is 1240. The van der Waals surface area contributed by atoms with E-state index < -0.39 is 5.91 Å². The number of hydrogen-bond donors (Lipinski definition) is 2. The molecular formula is C26H23ClN4O4. The number of hydrogen-bond acceptors (Lipinski definition) is 6. The highest BCUT2D eigenvalue weighted by Gasteiger charge is 2.08. The minimum absolute atomic E-state index is 0.00347. The van der Waals surface area contributed by atoms with Crippen molar-refractivity contribution in [2.24, 2.45) is 5.10 Å². The van der Waals surface area contributed by atoms with Gasteiger partial charge in [-0.1, -0.05) is 23.7 Å². The van der Waals surface area contributed by atoms with Gasteiger partial charge in [-0.05, 0) is 60.2 Å². The number of nitrogens with zero attached hydrogens (tertiary/aromatic N) is 2. The van der Waals surface area contributed by atoms with E-state index in [0.717, 1.165) is 5.56 Å². The van der Waals surface area contributed by atoms with E-state index in [9.17, 15) is 9.59 Å². The molecule has 0 aromatic heterocycles. The molecule has 9 heteroatoms. The standard InChI is InChI=1S/C26H23ClN4O4/c1-34-23-9-7-22(8-10-23)30-25(32)12-13-26(33)31-29-16-20-14-21(27)6-11-24(20)35-17-19-4-2-18(15-28)3-5-19/h2-11,14,16H,12-13,17H2,1H3,(H,30,32)(H,31,33). The lowest BCUT2D eigenvalue weighted by Crippen LogP contribution is -2.20. The highest BCUT2D eigenvalue weighted by molar-refractivity contribution is 6.30. The van der Waals surface area contributed by atoms with Gasteiger partial charge in [-0.15, -0.1) is 0 Å². The van der Waals surface area contributed by atoms with E-state index in [1.54, 1.807) is 61.7 Å². The number of rotatable bonds is 10. The third-order valence-electron chi connectivity index (χ3n) is 4.79. The van der Waals surface area contributed by atoms with Crippen LogP contribution in [-0.2, 0) is 16.2 Å². The maximum absolute atomic E-state index is 12.1. The number of halogens is 1. The van der Waals surface area contributed by atoms with Crippen LogP contribution in [-0.4, -0.2) is 25.1 Å². The smallest absolute Gasteiger partial charge is 0.240 e. The molecular weight excluding hydrogens is 468 g/mol. The third-order valence-corrected chi connectivity index (χ3v) is 5.03. The molecule has 2 N–H and O–H groups in total. The third kappa shape index (κ3) is 8.18. The Labute approximate surface area is 208 Å². The zero-order valence-corrected chi connectivity index (χ0v) is 19.7. The molecule has 0 unspecified atom stereocenters. The Morgan fingerprint density at radius 3 is 2.43 bits per heavy atom. The van der Waals surface area contributed by atoms with E-state index in [-0.39, 0.29) is 25.4 Å². The first kappa shape index (κ1) is 25.3. The van der Waals surface area contributed by atoms with Crippen molar-refractivity contribution < 1.29 is 19.1 Å². The number of nitriles is 1. The van der Waals surface area contributed by atoms with Crippen LogP contribution in [0.15, 0.2) is 71.8 Å². The minimum atomic E-state index is -0.409. The van der Waals surface area contributed by atoms with E-state index in [1.807, 2.05) is 12.1 Å². The Morgan fingerprint density at radius 1 is 1.03 bits per heavy atom. The molecule has 0 aliphatic rings. The monoisotopic (exact) mass is 490 g/mol. The first-order chi connectivity index (χ1) is 17.0. The summed E-state index contributed by atoms with van der Waals surface area (Å²) in [7, 11) is 1.56. The van der Waals surface area contributed by atoms with Crippen molar-refractivity contribution in [3.05, 3.63) is 88.4 Å². The average molecular weight is 491 g/mol. The van der Waals surface area contributed by atoms with Crippen LogP contribution >= 0.6 is 11.6 Å². The number of hydrazone groups is 1. The second kappa shape index (κ2) is 12.8. The summed E-state index contributed by atoms with van der Waals surface area (Å²) in [5.41, 5.74) is 5.05. The molecule has 178 valence electrons. The van der Waals surface area contributed by atoms with E-state index in [2.05, 4.69) is 21.9 Å². The number of ether oxygens (including phenoxy) is 2. The van der Waals surface area contributed by atoms with Crippen LogP contribution in [0.4, 0.5) is 5.69 Å². The van der Waals surface area contributed by atoms with Gasteiger partial charge in [0.1, 0.15) is 18.1 Å². The van der Waals surface area contributed by atoms with Crippen molar-refractivity contribution in [1.82, 2.24) is 5.43 Å². The summed E-state index contributed by atoms with van der Waals surface area (Å²) in [6, 6.07) is 21.1. The minimum Gasteiger partial charge on any atom is -0.497 e. The lowest BCUT2D eigenvalue weighted by atomic mass is 10.1. The first-order valence-electron chi connectivity index (χ1n) is 10.6. The van der Waals surface area contributed by atoms with Gasteiger partial charge in [0.05, 0.1) is 25.0 Å². The molecule has 2 amide bonds. The van der Waals surface area contributed by atoms with Crippen molar-refractivity contribution >= 4 is 35.3 Å². The van der Waals surface area contributed by atoms with Crippen LogP contribution in [0.5, 0.6) is 11.5 Å². The molecule has 0 aliphatic heterocycles. The number of nitrogens with one attached hydrogen (secondary N) is 2. The van der Waals surface area contributed by atoms with E-state index in [1.165, 1.54) is 6.21 Å². The van der Waals surface area contributed by atoms with Gasteiger partial charge in [0.2, 0.25) is 11.8 Å². The normalized spacial score (nSPS) is 10.4. The molecule has 0 fully saturated rings. The first-order valence-corrected chi connectivity index (χ1v) is 11.0. The van der Waals surface area contributed by atoms with Crippen molar-refractivity contribution in [2.45, 2.75) is 19.4 Å². The largest absolute Gasteiger partial charge is 0.497 e. The molecule has 0 bridgehead atoms. The lowest BCUT2D eigenvalue weighted by Gasteiger charge is -2.10. The van der Waals surface area contributed by atoms with Gasteiger partial charge in [0.25, 0.3) is 0 Å². The fourth-order valence-electron chi connectivity index (χ4n) is 2.94. The Morgan fingerprint density at radius 2 is 1.74 bits per heavy atom. The second-order valence-corrected chi connectivity index (χ2v) is 7.79. The number of benzene rings is 3. The van der Waals surface area contributed by atoms with Crippen LogP contribution in [0.2, 0.25) is 5.02 Å². The van der Waals surface area contributed by atoms with Gasteiger partial charge in [-0.25, -0.2) is 5.43 Å². The zero-order chi connectivity index (χ0) is 25.0. The van der Waals surface area contributed by atoms with E-state index >= 15 is 0 Å². The van der Waals surface area contributed by atoms with Gasteiger partial charge >= 0.3 is 0 Å². The number of anilines is 1. The molecule has 0 saturated carbocycles. The summed E-state index contributed by atoms with van der Waals surface area (Å²) in [5, 5.41) is 16.1. The fourth-order valence-corrected chi connectivity index (χ4v) is 3.12. The van der Waals surface area contributed by atoms with Crippen molar-refractivity contribution in [1.29, 1.82) is 5.26 Å². The van der Waals surface area contributed by atoms with Crippen molar-refractivity contribution in [3.8, 4) is 17.6 Å². The van der Waals surface area contributed by atoms with Crippen molar-refractivity contribution in [2.75, 3.05) is 12.4 Å². The summed E-state index contributed by atoms with van der Waals surface area (Å²) < 4.78 is 10.9. The maximum Gasteiger partial charge on any atom is 0.240 e. The van der Waals surface area contributed by atoms with Crippen LogP contribution < -0.4 is 20.2 Å². The van der Waals surface area contributed by atoms with Gasteiger partial charge in [0.15, 0.2) is 0 Å². The fraction of sp³-hybridized carbons (Fsp3) is 0.154. The molecule has 0 heterocycles. The second-order valence-electron chi connectivity index (χ2n) is 7.35. The van der Waals surface area contributed by atoms with Gasteiger partial charge in [-0.3, -0.25) is 9.59 Å². The summed E-state index contributed by atoms with van der Waals surface area (Å²) in [4.78, 5) is 24.2. The number of carbonyl (C=O) groups excluding carboxylic acids is 2. The Kier molecular flexibility index (Phi) is 9.22. The molecule has 3 aromatic carbocycles. The van der Waals surface area contributed by atoms with Crippen LogP contribution in [0.3, 0.4) is 0 Å². The SMILES string of the molecule is COc1ccc(NC(=O)CCC(=O)NN=Cc2cc(Cl)ccc2OCc2ccc(C#N)cc2)cc1. The van der Waals surface area contributed by atoms with Gasteiger partial charge in [-0.2, -0.15) is 10.4 Å². The zero-order valence-electron chi connectivity index (χ0n) is 19.0. The Balaban J connectivity index is 1.49. The lowest BCUT2D eigenvalue weighted by molar-refractivity contribution is -0.124. The van der Waals surface area contributed by atoms with Crippen LogP contribution in [0.25, 0.3) is 0 Å². The molecule has 0 spiro atoms. The molecule has 0 aliphatic carbocycles. The van der Waals surface area contributed by atoms with Crippen LogP contribution in [0.1, 0.15) is 29.5 Å². The van der Waals surface area contributed by atoms with Gasteiger partial charge < -0.3 is 14.8 Å². The van der Waals surface area contributed by atoms with Gasteiger partial charge in [0, 0.05) is 29.1 Å².